The van der Waals surface area contributed by atoms with Gasteiger partial charge in [-0.2, -0.15) is 0 Å². The first-order valence-electron chi connectivity index (χ1n) is 10.5. The molecule has 0 bridgehead atoms. The van der Waals surface area contributed by atoms with E-state index in [0.29, 0.717) is 24.5 Å². The number of carbonyl (C=O) groups is 1. The van der Waals surface area contributed by atoms with Gasteiger partial charge in [0, 0.05) is 36.7 Å². The van der Waals surface area contributed by atoms with Gasteiger partial charge in [-0.3, -0.25) is 9.78 Å². The van der Waals surface area contributed by atoms with Crippen LogP contribution in [0.5, 0.6) is 5.75 Å². The van der Waals surface area contributed by atoms with Crippen LogP contribution in [0.2, 0.25) is 0 Å². The van der Waals surface area contributed by atoms with Crippen molar-refractivity contribution in [3.8, 4) is 11.4 Å². The molecular formula is C24H26N4O3S. The van der Waals surface area contributed by atoms with E-state index in [0.717, 1.165) is 22.8 Å². The zero-order valence-electron chi connectivity index (χ0n) is 18.1. The summed E-state index contributed by atoms with van der Waals surface area (Å²) < 4.78 is 12.3. The number of carbonyl (C=O) groups excluding carboxylic acids is 1. The van der Waals surface area contributed by atoms with E-state index < -0.39 is 0 Å². The van der Waals surface area contributed by atoms with Gasteiger partial charge >= 0.3 is 5.97 Å². The zero-order valence-corrected chi connectivity index (χ0v) is 18.9. The van der Waals surface area contributed by atoms with Gasteiger partial charge in [0.05, 0.1) is 32.0 Å². The van der Waals surface area contributed by atoms with Crippen molar-refractivity contribution in [3.63, 3.8) is 0 Å². The van der Waals surface area contributed by atoms with Gasteiger partial charge in [0.15, 0.2) is 5.11 Å². The Hall–Kier alpha value is -3.39. The second-order valence-electron chi connectivity index (χ2n) is 7.50. The van der Waals surface area contributed by atoms with E-state index >= 15 is 0 Å². The maximum absolute atomic E-state index is 11.6. The van der Waals surface area contributed by atoms with Gasteiger partial charge in [-0.15, -0.1) is 0 Å². The smallest absolute Gasteiger partial charge is 0.305 e. The molecule has 1 aromatic carbocycles. The number of thiocarbonyl (C=S) groups is 1. The molecule has 32 heavy (non-hydrogen) atoms. The van der Waals surface area contributed by atoms with Crippen LogP contribution in [0.25, 0.3) is 5.69 Å². The van der Waals surface area contributed by atoms with Crippen molar-refractivity contribution in [1.29, 1.82) is 0 Å². The van der Waals surface area contributed by atoms with Crippen molar-refractivity contribution in [2.24, 2.45) is 0 Å². The van der Waals surface area contributed by atoms with Gasteiger partial charge in [-0.05, 0) is 67.2 Å². The highest BCUT2D eigenvalue weighted by Crippen LogP contribution is 2.39. The molecule has 8 heteroatoms. The first-order chi connectivity index (χ1) is 15.6. The number of aromatic nitrogens is 2. The van der Waals surface area contributed by atoms with Gasteiger partial charge in [0.1, 0.15) is 5.75 Å². The van der Waals surface area contributed by atoms with E-state index in [1.165, 1.54) is 7.11 Å². The first kappa shape index (κ1) is 21.8. The fourth-order valence-corrected chi connectivity index (χ4v) is 4.41. The molecule has 1 aliphatic heterocycles. The molecule has 2 atom stereocenters. The van der Waals surface area contributed by atoms with Crippen molar-refractivity contribution in [1.82, 2.24) is 19.8 Å². The highest BCUT2D eigenvalue weighted by Gasteiger charge is 2.41. The molecule has 1 saturated heterocycles. The number of pyridine rings is 1. The van der Waals surface area contributed by atoms with Crippen molar-refractivity contribution in [2.75, 3.05) is 20.8 Å². The minimum absolute atomic E-state index is 0.0906. The molecule has 0 amide bonds. The normalized spacial score (nSPS) is 17.8. The number of hydrogen-bond acceptors (Lipinski definition) is 5. The summed E-state index contributed by atoms with van der Waals surface area (Å²) in [6.45, 7) is 0.628. The number of nitrogens with zero attached hydrogens (tertiary/aromatic N) is 3. The molecule has 3 aromatic rings. The second kappa shape index (κ2) is 9.82. The van der Waals surface area contributed by atoms with Gasteiger partial charge in [0.2, 0.25) is 0 Å². The van der Waals surface area contributed by atoms with Crippen LogP contribution >= 0.6 is 12.2 Å². The number of ether oxygens (including phenoxy) is 2. The van der Waals surface area contributed by atoms with Crippen LogP contribution in [0, 0.1) is 0 Å². The summed E-state index contributed by atoms with van der Waals surface area (Å²) in [7, 11) is 3.07. The Morgan fingerprint density at radius 2 is 1.94 bits per heavy atom. The van der Waals surface area contributed by atoms with Crippen LogP contribution in [-0.4, -0.2) is 46.3 Å². The Bertz CT molecular complexity index is 1070. The maximum atomic E-state index is 11.6. The third-order valence-electron chi connectivity index (χ3n) is 5.64. The summed E-state index contributed by atoms with van der Waals surface area (Å²) in [5.41, 5.74) is 3.02. The highest BCUT2D eigenvalue weighted by atomic mass is 32.1. The molecular weight excluding hydrogens is 424 g/mol. The van der Waals surface area contributed by atoms with Crippen LogP contribution in [0.4, 0.5) is 0 Å². The molecule has 0 unspecified atom stereocenters. The first-order valence-corrected chi connectivity index (χ1v) is 10.9. The van der Waals surface area contributed by atoms with Crippen LogP contribution in [0.15, 0.2) is 67.0 Å². The number of hydrogen-bond donors (Lipinski definition) is 1. The maximum Gasteiger partial charge on any atom is 0.305 e. The lowest BCUT2D eigenvalue weighted by molar-refractivity contribution is -0.140. The van der Waals surface area contributed by atoms with E-state index in [1.807, 2.05) is 54.7 Å². The van der Waals surface area contributed by atoms with E-state index in [-0.39, 0.29) is 18.1 Å². The molecule has 0 aliphatic carbocycles. The molecule has 1 aliphatic rings. The molecule has 2 aromatic heterocycles. The predicted octanol–water partition coefficient (Wildman–Crippen LogP) is 3.81. The molecule has 0 saturated carbocycles. The standard InChI is InChI=1S/C24H26N4O3S/c1-30-18-12-10-17(11-13-18)27-15-5-8-20(27)23-22(19-7-3-4-14-25-19)26-24(32)28(23)16-6-9-21(29)31-2/h3-5,7-8,10-15,22-23H,6,9,16H2,1-2H3,(H,26,32)/t22-,23+/m1/s1. The number of rotatable bonds is 8. The Morgan fingerprint density at radius 3 is 2.62 bits per heavy atom. The van der Waals surface area contributed by atoms with Crippen LogP contribution in [-0.2, 0) is 9.53 Å². The van der Waals surface area contributed by atoms with Crippen LogP contribution in [0.3, 0.4) is 0 Å². The van der Waals surface area contributed by atoms with E-state index in [9.17, 15) is 4.79 Å². The SMILES string of the molecule is COC(=O)CCCN1C(=S)N[C@H](c2ccccn2)[C@@H]1c1cccn1-c1ccc(OC)cc1. The van der Waals surface area contributed by atoms with Crippen LogP contribution < -0.4 is 10.1 Å². The summed E-state index contributed by atoms with van der Waals surface area (Å²) in [5, 5.41) is 4.10. The minimum atomic E-state index is -0.220. The predicted molar refractivity (Wildman–Crippen MR) is 126 cm³/mol. The Balaban J connectivity index is 1.70. The average molecular weight is 451 g/mol. The summed E-state index contributed by atoms with van der Waals surface area (Å²) >= 11 is 5.71. The van der Waals surface area contributed by atoms with Crippen molar-refractivity contribution in [2.45, 2.75) is 24.9 Å². The molecule has 4 rings (SSSR count). The lowest BCUT2D eigenvalue weighted by atomic mass is 10.0. The molecule has 166 valence electrons. The van der Waals surface area contributed by atoms with Gasteiger partial charge in [-0.25, -0.2) is 0 Å². The molecule has 3 heterocycles. The number of benzene rings is 1. The monoisotopic (exact) mass is 450 g/mol. The molecule has 1 N–H and O–H groups in total. The van der Waals surface area contributed by atoms with Crippen molar-refractivity contribution >= 4 is 23.3 Å². The summed E-state index contributed by atoms with van der Waals surface area (Å²) in [4.78, 5) is 18.4. The topological polar surface area (TPSA) is 68.6 Å². The Labute approximate surface area is 193 Å². The fraction of sp³-hybridized carbons (Fsp3) is 0.292. The van der Waals surface area contributed by atoms with Gasteiger partial charge in [0.25, 0.3) is 0 Å². The lowest BCUT2D eigenvalue weighted by Gasteiger charge is -2.29. The second-order valence-corrected chi connectivity index (χ2v) is 7.89. The Kier molecular flexibility index (Phi) is 6.70. The summed E-state index contributed by atoms with van der Waals surface area (Å²) in [5.74, 6) is 0.587. The van der Waals surface area contributed by atoms with Crippen molar-refractivity contribution in [3.05, 3.63) is 78.4 Å². The average Bonchev–Trinajstić information content (AvgIpc) is 3.44. The third kappa shape index (κ3) is 4.45. The summed E-state index contributed by atoms with van der Waals surface area (Å²) in [6, 6.07) is 17.8. The molecule has 0 spiro atoms. The fourth-order valence-electron chi connectivity index (χ4n) is 4.08. The molecule has 1 fully saturated rings. The number of esters is 1. The lowest BCUT2D eigenvalue weighted by Crippen LogP contribution is -2.31. The van der Waals surface area contributed by atoms with Crippen molar-refractivity contribution < 1.29 is 14.3 Å². The number of methoxy groups -OCH3 is 2. The molecule has 7 nitrogen and oxygen atoms in total. The highest BCUT2D eigenvalue weighted by molar-refractivity contribution is 7.80. The molecule has 0 radical (unpaired) electrons. The quantitative estimate of drug-likeness (QED) is 0.413. The Morgan fingerprint density at radius 1 is 1.12 bits per heavy atom. The largest absolute Gasteiger partial charge is 0.497 e. The minimum Gasteiger partial charge on any atom is -0.497 e. The van der Waals surface area contributed by atoms with Gasteiger partial charge < -0.3 is 24.3 Å². The van der Waals surface area contributed by atoms with Gasteiger partial charge in [-0.1, -0.05) is 6.07 Å². The van der Waals surface area contributed by atoms with E-state index in [1.54, 1.807) is 13.3 Å². The third-order valence-corrected chi connectivity index (χ3v) is 5.99. The zero-order chi connectivity index (χ0) is 22.5. The number of nitrogens with one attached hydrogen (secondary N) is 1. The van der Waals surface area contributed by atoms with E-state index in [2.05, 4.69) is 25.8 Å². The van der Waals surface area contributed by atoms with E-state index in [4.69, 9.17) is 21.7 Å². The van der Waals surface area contributed by atoms with Crippen LogP contribution in [0.1, 0.15) is 36.3 Å². The summed E-state index contributed by atoms with van der Waals surface area (Å²) in [6.07, 6.45) is 4.82.